The van der Waals surface area contributed by atoms with Crippen LogP contribution in [0.25, 0.3) is 0 Å². The van der Waals surface area contributed by atoms with E-state index in [0.29, 0.717) is 11.5 Å². The number of anilines is 1. The van der Waals surface area contributed by atoms with Gasteiger partial charge in [0.25, 0.3) is 5.91 Å². The predicted octanol–water partition coefficient (Wildman–Crippen LogP) is 0.449. The highest BCUT2D eigenvalue weighted by Crippen LogP contribution is 2.20. The standard InChI is InChI=1S/C14H19N5O2/c15-13(20)12-8-18-19-9-10(7-17-14(12)19)6-16-4-3-11-2-1-5-21-11/h1-2,5,8,10,16-17H,3-4,6-7,9H2,(H2,15,20)/t10-/m1/s1. The molecule has 0 unspecified atom stereocenters. The lowest BCUT2D eigenvalue weighted by Gasteiger charge is -2.25. The van der Waals surface area contributed by atoms with Crippen LogP contribution in [-0.4, -0.2) is 35.3 Å². The zero-order chi connectivity index (χ0) is 14.7. The molecule has 0 radical (unpaired) electrons. The van der Waals surface area contributed by atoms with Gasteiger partial charge in [-0.1, -0.05) is 0 Å². The molecule has 3 heterocycles. The van der Waals surface area contributed by atoms with E-state index in [-0.39, 0.29) is 0 Å². The molecular formula is C14H19N5O2. The molecule has 2 aromatic rings. The lowest BCUT2D eigenvalue weighted by Crippen LogP contribution is -2.36. The summed E-state index contributed by atoms with van der Waals surface area (Å²) in [5.74, 6) is 1.70. The maximum atomic E-state index is 11.2. The average molecular weight is 289 g/mol. The molecule has 0 bridgehead atoms. The largest absolute Gasteiger partial charge is 0.469 e. The van der Waals surface area contributed by atoms with Gasteiger partial charge in [-0.3, -0.25) is 4.79 Å². The molecule has 1 aliphatic heterocycles. The van der Waals surface area contributed by atoms with Crippen molar-refractivity contribution in [3.05, 3.63) is 35.9 Å². The zero-order valence-electron chi connectivity index (χ0n) is 11.7. The lowest BCUT2D eigenvalue weighted by molar-refractivity contribution is 0.100. The fourth-order valence-corrected chi connectivity index (χ4v) is 2.55. The SMILES string of the molecule is NC(=O)c1cnn2c1NC[C@@H](CNCCc1ccco1)C2. The van der Waals surface area contributed by atoms with E-state index >= 15 is 0 Å². The number of hydrogen-bond acceptors (Lipinski definition) is 5. The number of aromatic nitrogens is 2. The molecule has 2 aromatic heterocycles. The van der Waals surface area contributed by atoms with Crippen molar-refractivity contribution in [2.45, 2.75) is 13.0 Å². The minimum absolute atomic E-state index is 0.426. The van der Waals surface area contributed by atoms with Gasteiger partial charge in [-0.05, 0) is 12.1 Å². The second-order valence-corrected chi connectivity index (χ2v) is 5.23. The minimum atomic E-state index is -0.446. The van der Waals surface area contributed by atoms with Crippen LogP contribution in [-0.2, 0) is 13.0 Å². The molecule has 0 spiro atoms. The fourth-order valence-electron chi connectivity index (χ4n) is 2.55. The Morgan fingerprint density at radius 1 is 1.62 bits per heavy atom. The molecule has 3 rings (SSSR count). The third-order valence-electron chi connectivity index (χ3n) is 3.66. The van der Waals surface area contributed by atoms with Gasteiger partial charge >= 0.3 is 0 Å². The number of furan rings is 1. The summed E-state index contributed by atoms with van der Waals surface area (Å²) in [7, 11) is 0. The first-order valence-electron chi connectivity index (χ1n) is 7.06. The van der Waals surface area contributed by atoms with E-state index in [1.807, 2.05) is 16.8 Å². The van der Waals surface area contributed by atoms with Gasteiger partial charge < -0.3 is 20.8 Å². The van der Waals surface area contributed by atoms with Crippen molar-refractivity contribution in [2.75, 3.05) is 25.0 Å². The van der Waals surface area contributed by atoms with E-state index in [4.69, 9.17) is 10.2 Å². The predicted molar refractivity (Wildman–Crippen MR) is 78.0 cm³/mol. The summed E-state index contributed by atoms with van der Waals surface area (Å²) in [5, 5.41) is 10.9. The molecule has 0 saturated heterocycles. The van der Waals surface area contributed by atoms with Crippen LogP contribution >= 0.6 is 0 Å². The number of nitrogens with one attached hydrogen (secondary N) is 2. The summed E-state index contributed by atoms with van der Waals surface area (Å²) >= 11 is 0. The Morgan fingerprint density at radius 2 is 2.52 bits per heavy atom. The summed E-state index contributed by atoms with van der Waals surface area (Å²) in [5.41, 5.74) is 5.77. The van der Waals surface area contributed by atoms with E-state index < -0.39 is 5.91 Å². The summed E-state index contributed by atoms with van der Waals surface area (Å²) in [4.78, 5) is 11.2. The minimum Gasteiger partial charge on any atom is -0.469 e. The first-order chi connectivity index (χ1) is 10.2. The van der Waals surface area contributed by atoms with Crippen molar-refractivity contribution in [1.82, 2.24) is 15.1 Å². The van der Waals surface area contributed by atoms with Crippen LogP contribution in [0.4, 0.5) is 5.82 Å². The molecule has 4 N–H and O–H groups in total. The van der Waals surface area contributed by atoms with Gasteiger partial charge in [0.1, 0.15) is 17.1 Å². The Kier molecular flexibility index (Phi) is 3.92. The summed E-state index contributed by atoms with van der Waals surface area (Å²) in [6.45, 7) is 3.35. The van der Waals surface area contributed by atoms with E-state index in [1.54, 1.807) is 6.26 Å². The summed E-state index contributed by atoms with van der Waals surface area (Å²) in [6.07, 6.45) is 4.10. The van der Waals surface area contributed by atoms with E-state index in [1.165, 1.54) is 6.20 Å². The van der Waals surface area contributed by atoms with Gasteiger partial charge in [0, 0.05) is 38.5 Å². The molecule has 1 aliphatic rings. The van der Waals surface area contributed by atoms with Crippen molar-refractivity contribution >= 4 is 11.7 Å². The Bertz CT molecular complexity index is 605. The van der Waals surface area contributed by atoms with Crippen molar-refractivity contribution < 1.29 is 9.21 Å². The van der Waals surface area contributed by atoms with Crippen molar-refractivity contribution in [1.29, 1.82) is 0 Å². The first kappa shape index (κ1) is 13.7. The molecule has 7 nitrogen and oxygen atoms in total. The monoisotopic (exact) mass is 289 g/mol. The van der Waals surface area contributed by atoms with Crippen molar-refractivity contribution in [3.63, 3.8) is 0 Å². The highest BCUT2D eigenvalue weighted by molar-refractivity contribution is 5.97. The van der Waals surface area contributed by atoms with Crippen LogP contribution in [0.1, 0.15) is 16.1 Å². The number of amides is 1. The molecule has 1 amide bonds. The molecule has 0 saturated carbocycles. The van der Waals surface area contributed by atoms with E-state index in [2.05, 4.69) is 15.7 Å². The number of nitrogens with zero attached hydrogens (tertiary/aromatic N) is 2. The van der Waals surface area contributed by atoms with Crippen LogP contribution in [0.15, 0.2) is 29.0 Å². The highest BCUT2D eigenvalue weighted by Gasteiger charge is 2.23. The van der Waals surface area contributed by atoms with Crippen LogP contribution in [0.2, 0.25) is 0 Å². The topological polar surface area (TPSA) is 98.1 Å². The maximum Gasteiger partial charge on any atom is 0.254 e. The zero-order valence-corrected chi connectivity index (χ0v) is 11.7. The Hall–Kier alpha value is -2.28. The quantitative estimate of drug-likeness (QED) is 0.671. The Morgan fingerprint density at radius 3 is 3.29 bits per heavy atom. The lowest BCUT2D eigenvalue weighted by atomic mass is 10.1. The van der Waals surface area contributed by atoms with Gasteiger partial charge in [0.15, 0.2) is 0 Å². The fraction of sp³-hybridized carbons (Fsp3) is 0.429. The molecule has 0 aromatic carbocycles. The van der Waals surface area contributed by atoms with Crippen LogP contribution in [0.5, 0.6) is 0 Å². The summed E-state index contributed by atoms with van der Waals surface area (Å²) < 4.78 is 7.09. The number of carbonyl (C=O) groups is 1. The number of hydrogen-bond donors (Lipinski definition) is 3. The molecule has 0 fully saturated rings. The normalized spacial score (nSPS) is 17.2. The number of nitrogens with two attached hydrogens (primary N) is 1. The van der Waals surface area contributed by atoms with Gasteiger partial charge in [0.05, 0.1) is 12.5 Å². The van der Waals surface area contributed by atoms with Gasteiger partial charge in [-0.15, -0.1) is 0 Å². The summed E-state index contributed by atoms with van der Waals surface area (Å²) in [6, 6.07) is 3.88. The van der Waals surface area contributed by atoms with Crippen molar-refractivity contribution in [2.24, 2.45) is 11.7 Å². The van der Waals surface area contributed by atoms with Gasteiger partial charge in [0.2, 0.25) is 0 Å². The first-order valence-corrected chi connectivity index (χ1v) is 7.06. The van der Waals surface area contributed by atoms with E-state index in [9.17, 15) is 4.79 Å². The molecule has 21 heavy (non-hydrogen) atoms. The second-order valence-electron chi connectivity index (χ2n) is 5.23. The number of rotatable bonds is 6. The van der Waals surface area contributed by atoms with Gasteiger partial charge in [-0.25, -0.2) is 4.68 Å². The average Bonchev–Trinajstić information content (AvgIpc) is 3.12. The molecule has 112 valence electrons. The molecule has 0 aliphatic carbocycles. The van der Waals surface area contributed by atoms with E-state index in [0.717, 1.165) is 44.2 Å². The molecule has 7 heteroatoms. The van der Waals surface area contributed by atoms with Crippen LogP contribution in [0.3, 0.4) is 0 Å². The second kappa shape index (κ2) is 6.01. The van der Waals surface area contributed by atoms with Gasteiger partial charge in [-0.2, -0.15) is 5.10 Å². The highest BCUT2D eigenvalue weighted by atomic mass is 16.3. The molecular weight excluding hydrogens is 270 g/mol. The Labute approximate surface area is 122 Å². The number of carbonyl (C=O) groups excluding carboxylic acids is 1. The third kappa shape index (κ3) is 3.08. The van der Waals surface area contributed by atoms with Crippen molar-refractivity contribution in [3.8, 4) is 0 Å². The van der Waals surface area contributed by atoms with Crippen LogP contribution < -0.4 is 16.4 Å². The number of primary amides is 1. The number of fused-ring (bicyclic) bond motifs is 1. The molecule has 1 atom stereocenters. The maximum absolute atomic E-state index is 11.2. The third-order valence-corrected chi connectivity index (χ3v) is 3.66. The van der Waals surface area contributed by atoms with Crippen LogP contribution in [0, 0.1) is 5.92 Å². The Balaban J connectivity index is 1.47. The smallest absolute Gasteiger partial charge is 0.254 e.